The lowest BCUT2D eigenvalue weighted by Gasteiger charge is -2.22. The molecule has 3 heteroatoms. The molecule has 0 fully saturated rings. The third-order valence-corrected chi connectivity index (χ3v) is 4.27. The number of nitrogens with one attached hydrogen (secondary N) is 1. The second-order valence-electron chi connectivity index (χ2n) is 5.26. The monoisotopic (exact) mass is 297 g/mol. The minimum absolute atomic E-state index is 0.0924. The lowest BCUT2D eigenvalue weighted by atomic mass is 10.0. The Labute approximate surface area is 129 Å². The largest absolute Gasteiger partial charge is 0.467 e. The van der Waals surface area contributed by atoms with Gasteiger partial charge in [-0.25, -0.2) is 0 Å². The summed E-state index contributed by atoms with van der Waals surface area (Å²) in [5.41, 5.74) is 2.61. The van der Waals surface area contributed by atoms with Crippen LogP contribution in [-0.4, -0.2) is 6.04 Å². The molecular formula is C18H19NOS. The molecule has 0 amide bonds. The van der Waals surface area contributed by atoms with Crippen molar-refractivity contribution in [3.8, 4) is 0 Å². The molecule has 0 saturated heterocycles. The van der Waals surface area contributed by atoms with Gasteiger partial charge in [-0.1, -0.05) is 30.3 Å². The van der Waals surface area contributed by atoms with Crippen LogP contribution in [0.3, 0.4) is 0 Å². The maximum Gasteiger partial charge on any atom is 0.125 e. The lowest BCUT2D eigenvalue weighted by molar-refractivity contribution is 0.413. The molecule has 0 radical (unpaired) electrons. The van der Waals surface area contributed by atoms with Crippen molar-refractivity contribution in [1.29, 1.82) is 0 Å². The highest BCUT2D eigenvalue weighted by molar-refractivity contribution is 7.07. The minimum atomic E-state index is 0.0924. The average Bonchev–Trinajstić information content (AvgIpc) is 3.19. The Bertz CT molecular complexity index is 631. The van der Waals surface area contributed by atoms with Crippen molar-refractivity contribution in [1.82, 2.24) is 5.32 Å². The molecule has 21 heavy (non-hydrogen) atoms. The van der Waals surface area contributed by atoms with Crippen LogP contribution in [0.4, 0.5) is 0 Å². The molecule has 0 aliphatic rings. The van der Waals surface area contributed by atoms with E-state index in [9.17, 15) is 0 Å². The zero-order chi connectivity index (χ0) is 14.5. The van der Waals surface area contributed by atoms with E-state index < -0.39 is 0 Å². The second kappa shape index (κ2) is 6.74. The van der Waals surface area contributed by atoms with Crippen LogP contribution in [0.5, 0.6) is 0 Å². The molecule has 108 valence electrons. The van der Waals surface area contributed by atoms with Gasteiger partial charge in [-0.2, -0.15) is 11.3 Å². The lowest BCUT2D eigenvalue weighted by Crippen LogP contribution is -2.32. The molecule has 0 spiro atoms. The number of thiophene rings is 1. The molecule has 3 aromatic rings. The van der Waals surface area contributed by atoms with Gasteiger partial charge in [0.25, 0.3) is 0 Å². The summed E-state index contributed by atoms with van der Waals surface area (Å²) in [6.07, 6.45) is 2.75. The van der Waals surface area contributed by atoms with E-state index in [4.69, 9.17) is 4.42 Å². The van der Waals surface area contributed by atoms with E-state index >= 15 is 0 Å². The summed E-state index contributed by atoms with van der Waals surface area (Å²) in [6.45, 7) is 2.22. The average molecular weight is 297 g/mol. The zero-order valence-corrected chi connectivity index (χ0v) is 12.8. The topological polar surface area (TPSA) is 25.2 Å². The van der Waals surface area contributed by atoms with E-state index in [1.54, 1.807) is 17.6 Å². The maximum atomic E-state index is 5.63. The van der Waals surface area contributed by atoms with Crippen LogP contribution < -0.4 is 5.32 Å². The molecule has 2 heterocycles. The third-order valence-electron chi connectivity index (χ3n) is 3.53. The van der Waals surface area contributed by atoms with Crippen LogP contribution in [0.1, 0.15) is 29.9 Å². The summed E-state index contributed by atoms with van der Waals surface area (Å²) in [6, 6.07) is 17.1. The van der Waals surface area contributed by atoms with Gasteiger partial charge in [0.1, 0.15) is 5.76 Å². The first kappa shape index (κ1) is 14.1. The third kappa shape index (κ3) is 3.63. The van der Waals surface area contributed by atoms with Crippen molar-refractivity contribution in [3.05, 3.63) is 82.4 Å². The zero-order valence-electron chi connectivity index (χ0n) is 12.0. The standard InChI is InChI=1S/C18H19NOS/c1-14(12-15-9-11-21-13-15)19-18(17-8-5-10-20-17)16-6-3-2-4-7-16/h2-11,13-14,18-19H,12H2,1H3. The summed E-state index contributed by atoms with van der Waals surface area (Å²) >= 11 is 1.75. The van der Waals surface area contributed by atoms with E-state index in [0.29, 0.717) is 6.04 Å². The fourth-order valence-corrected chi connectivity index (χ4v) is 3.23. The number of furan rings is 1. The molecule has 3 rings (SSSR count). The molecule has 0 bridgehead atoms. The number of hydrogen-bond acceptors (Lipinski definition) is 3. The Morgan fingerprint density at radius 1 is 1.10 bits per heavy atom. The van der Waals surface area contributed by atoms with Gasteiger partial charge in [0.15, 0.2) is 0 Å². The van der Waals surface area contributed by atoms with Crippen LogP contribution >= 0.6 is 11.3 Å². The Morgan fingerprint density at radius 3 is 2.62 bits per heavy atom. The molecule has 0 aliphatic carbocycles. The summed E-state index contributed by atoms with van der Waals surface area (Å²) < 4.78 is 5.63. The van der Waals surface area contributed by atoms with Gasteiger partial charge in [-0.05, 0) is 53.4 Å². The van der Waals surface area contributed by atoms with Crippen LogP contribution in [0, 0.1) is 0 Å². The van der Waals surface area contributed by atoms with Gasteiger partial charge in [0.05, 0.1) is 12.3 Å². The van der Waals surface area contributed by atoms with Crippen molar-refractivity contribution in [2.24, 2.45) is 0 Å². The fourth-order valence-electron chi connectivity index (χ4n) is 2.55. The highest BCUT2D eigenvalue weighted by Crippen LogP contribution is 2.23. The van der Waals surface area contributed by atoms with E-state index in [1.165, 1.54) is 11.1 Å². The van der Waals surface area contributed by atoms with Crippen LogP contribution in [0.2, 0.25) is 0 Å². The van der Waals surface area contributed by atoms with Gasteiger partial charge in [0, 0.05) is 6.04 Å². The Hall–Kier alpha value is -1.84. The van der Waals surface area contributed by atoms with Crippen LogP contribution in [-0.2, 0) is 6.42 Å². The van der Waals surface area contributed by atoms with Gasteiger partial charge in [-0.3, -0.25) is 0 Å². The molecule has 0 aliphatic heterocycles. The quantitative estimate of drug-likeness (QED) is 0.716. The Kier molecular flexibility index (Phi) is 4.53. The predicted molar refractivity (Wildman–Crippen MR) is 87.6 cm³/mol. The van der Waals surface area contributed by atoms with E-state index in [0.717, 1.165) is 12.2 Å². The Balaban J connectivity index is 1.77. The van der Waals surface area contributed by atoms with E-state index in [-0.39, 0.29) is 6.04 Å². The molecule has 2 nitrogen and oxygen atoms in total. The number of rotatable bonds is 6. The first-order valence-electron chi connectivity index (χ1n) is 7.18. The maximum absolute atomic E-state index is 5.63. The fraction of sp³-hybridized carbons (Fsp3) is 0.222. The van der Waals surface area contributed by atoms with Gasteiger partial charge in [-0.15, -0.1) is 0 Å². The number of benzene rings is 1. The van der Waals surface area contributed by atoms with Gasteiger partial charge in [0.2, 0.25) is 0 Å². The van der Waals surface area contributed by atoms with E-state index in [2.05, 4.69) is 53.3 Å². The predicted octanol–water partition coefficient (Wildman–Crippen LogP) is 4.65. The molecule has 2 atom stereocenters. The highest BCUT2D eigenvalue weighted by Gasteiger charge is 2.19. The van der Waals surface area contributed by atoms with Crippen molar-refractivity contribution in [2.75, 3.05) is 0 Å². The normalized spacial score (nSPS) is 14.0. The SMILES string of the molecule is CC(Cc1ccsc1)NC(c1ccccc1)c1ccco1. The molecular weight excluding hydrogens is 278 g/mol. The molecule has 1 aromatic carbocycles. The van der Waals surface area contributed by atoms with Gasteiger partial charge < -0.3 is 9.73 Å². The van der Waals surface area contributed by atoms with Crippen molar-refractivity contribution in [3.63, 3.8) is 0 Å². The number of hydrogen-bond donors (Lipinski definition) is 1. The second-order valence-corrected chi connectivity index (χ2v) is 6.04. The minimum Gasteiger partial charge on any atom is -0.467 e. The molecule has 1 N–H and O–H groups in total. The first-order valence-corrected chi connectivity index (χ1v) is 8.12. The highest BCUT2D eigenvalue weighted by atomic mass is 32.1. The summed E-state index contributed by atoms with van der Waals surface area (Å²) in [5, 5.41) is 8.02. The van der Waals surface area contributed by atoms with Gasteiger partial charge >= 0.3 is 0 Å². The first-order chi connectivity index (χ1) is 10.3. The summed E-state index contributed by atoms with van der Waals surface area (Å²) in [5.74, 6) is 0.957. The Morgan fingerprint density at radius 2 is 1.95 bits per heavy atom. The van der Waals surface area contributed by atoms with E-state index in [1.807, 2.05) is 18.2 Å². The summed E-state index contributed by atoms with van der Waals surface area (Å²) in [4.78, 5) is 0. The van der Waals surface area contributed by atoms with Crippen LogP contribution in [0.25, 0.3) is 0 Å². The smallest absolute Gasteiger partial charge is 0.125 e. The summed E-state index contributed by atoms with van der Waals surface area (Å²) in [7, 11) is 0. The van der Waals surface area contributed by atoms with Crippen molar-refractivity contribution >= 4 is 11.3 Å². The molecule has 2 aromatic heterocycles. The molecule has 2 unspecified atom stereocenters. The van der Waals surface area contributed by atoms with Crippen molar-refractivity contribution in [2.45, 2.75) is 25.4 Å². The molecule has 0 saturated carbocycles. The van der Waals surface area contributed by atoms with Crippen LogP contribution in [0.15, 0.2) is 70.0 Å². The van der Waals surface area contributed by atoms with Crippen molar-refractivity contribution < 1.29 is 4.42 Å².